The molecule has 0 heterocycles. The first-order valence-electron chi connectivity index (χ1n) is 7.43. The molecule has 19 heavy (non-hydrogen) atoms. The Morgan fingerprint density at radius 1 is 1.26 bits per heavy atom. The predicted molar refractivity (Wildman–Crippen MR) is 85.0 cm³/mol. The molecule has 0 bridgehead atoms. The molecular formula is C16H30ClNO. The number of hydrogen-bond acceptors (Lipinski definition) is 2. The van der Waals surface area contributed by atoms with Crippen LogP contribution < -0.4 is 0 Å². The van der Waals surface area contributed by atoms with Gasteiger partial charge in [-0.05, 0) is 57.7 Å². The fraction of sp³-hybridized carbons (Fsp3) is 0.812. The monoisotopic (exact) mass is 287 g/mol. The molecule has 1 fully saturated rings. The lowest BCUT2D eigenvalue weighted by molar-refractivity contribution is -0.114. The fourth-order valence-corrected chi connectivity index (χ4v) is 2.95. The number of ketones is 1. The second-order valence-corrected chi connectivity index (χ2v) is 6.01. The van der Waals surface area contributed by atoms with Gasteiger partial charge in [-0.15, -0.1) is 12.4 Å². The van der Waals surface area contributed by atoms with E-state index in [2.05, 4.69) is 32.8 Å². The highest BCUT2D eigenvalue weighted by Crippen LogP contribution is 2.29. The molecule has 1 atom stereocenters. The zero-order valence-electron chi connectivity index (χ0n) is 13.0. The highest BCUT2D eigenvalue weighted by Gasteiger charge is 2.20. The molecule has 3 heteroatoms. The number of carbonyl (C=O) groups is 1. The SMILES string of the molecule is CCC/C(CCC(C)CN(C)C)=C1/CCCC1=O.Cl. The van der Waals surface area contributed by atoms with E-state index in [0.717, 1.165) is 45.1 Å². The van der Waals surface area contributed by atoms with Crippen LogP contribution in [0.1, 0.15) is 58.8 Å². The molecular weight excluding hydrogens is 258 g/mol. The summed E-state index contributed by atoms with van der Waals surface area (Å²) in [6, 6.07) is 0. The van der Waals surface area contributed by atoms with E-state index in [1.165, 1.54) is 17.6 Å². The first-order valence-corrected chi connectivity index (χ1v) is 7.43. The van der Waals surface area contributed by atoms with Crippen molar-refractivity contribution in [1.82, 2.24) is 4.90 Å². The van der Waals surface area contributed by atoms with E-state index in [4.69, 9.17) is 0 Å². The second kappa shape index (κ2) is 9.55. The lowest BCUT2D eigenvalue weighted by Crippen LogP contribution is -2.19. The van der Waals surface area contributed by atoms with E-state index in [-0.39, 0.29) is 12.4 Å². The van der Waals surface area contributed by atoms with Crippen molar-refractivity contribution >= 4 is 18.2 Å². The van der Waals surface area contributed by atoms with Crippen molar-refractivity contribution in [2.75, 3.05) is 20.6 Å². The Balaban J connectivity index is 0.00000324. The maximum Gasteiger partial charge on any atom is 0.158 e. The zero-order valence-corrected chi connectivity index (χ0v) is 13.8. The van der Waals surface area contributed by atoms with Crippen molar-refractivity contribution in [2.45, 2.75) is 58.8 Å². The number of rotatable bonds is 7. The molecule has 0 aromatic heterocycles. The molecule has 0 N–H and O–H groups in total. The van der Waals surface area contributed by atoms with Gasteiger partial charge in [0.05, 0.1) is 0 Å². The first kappa shape index (κ1) is 18.7. The van der Waals surface area contributed by atoms with Gasteiger partial charge in [-0.1, -0.05) is 25.8 Å². The van der Waals surface area contributed by atoms with Gasteiger partial charge in [-0.25, -0.2) is 0 Å². The number of carbonyl (C=O) groups excluding carboxylic acids is 1. The Labute approximate surface area is 125 Å². The van der Waals surface area contributed by atoms with E-state index in [1.54, 1.807) is 0 Å². The maximum atomic E-state index is 11.8. The smallest absolute Gasteiger partial charge is 0.158 e. The van der Waals surface area contributed by atoms with Gasteiger partial charge in [0.2, 0.25) is 0 Å². The third-order valence-electron chi connectivity index (χ3n) is 3.76. The Bertz CT molecular complexity index is 310. The number of nitrogens with zero attached hydrogens (tertiary/aromatic N) is 1. The van der Waals surface area contributed by atoms with Crippen LogP contribution in [0.5, 0.6) is 0 Å². The van der Waals surface area contributed by atoms with Gasteiger partial charge in [-0.2, -0.15) is 0 Å². The van der Waals surface area contributed by atoms with E-state index in [1.807, 2.05) is 0 Å². The largest absolute Gasteiger partial charge is 0.309 e. The van der Waals surface area contributed by atoms with Gasteiger partial charge in [0.15, 0.2) is 5.78 Å². The van der Waals surface area contributed by atoms with E-state index >= 15 is 0 Å². The van der Waals surface area contributed by atoms with Crippen LogP contribution in [0.25, 0.3) is 0 Å². The number of hydrogen-bond donors (Lipinski definition) is 0. The van der Waals surface area contributed by atoms with Crippen LogP contribution in [0.2, 0.25) is 0 Å². The molecule has 1 rings (SSSR count). The van der Waals surface area contributed by atoms with Crippen molar-refractivity contribution in [2.24, 2.45) is 5.92 Å². The summed E-state index contributed by atoms with van der Waals surface area (Å²) in [6.07, 6.45) is 7.53. The average Bonchev–Trinajstić information content (AvgIpc) is 2.69. The van der Waals surface area contributed by atoms with Crippen LogP contribution >= 0.6 is 12.4 Å². The molecule has 2 nitrogen and oxygen atoms in total. The van der Waals surface area contributed by atoms with Gasteiger partial charge < -0.3 is 4.90 Å². The summed E-state index contributed by atoms with van der Waals surface area (Å²) in [5.41, 5.74) is 2.65. The topological polar surface area (TPSA) is 20.3 Å². The molecule has 0 aromatic rings. The highest BCUT2D eigenvalue weighted by molar-refractivity contribution is 5.98. The highest BCUT2D eigenvalue weighted by atomic mass is 35.5. The van der Waals surface area contributed by atoms with Crippen molar-refractivity contribution < 1.29 is 4.79 Å². The minimum Gasteiger partial charge on any atom is -0.309 e. The minimum absolute atomic E-state index is 0. The fourth-order valence-electron chi connectivity index (χ4n) is 2.95. The quantitative estimate of drug-likeness (QED) is 0.653. The summed E-state index contributed by atoms with van der Waals surface area (Å²) in [7, 11) is 4.25. The zero-order chi connectivity index (χ0) is 13.5. The number of halogens is 1. The number of Topliss-reactive ketones (excluding diaryl/α,β-unsaturated/α-hetero) is 1. The second-order valence-electron chi connectivity index (χ2n) is 6.01. The van der Waals surface area contributed by atoms with Crippen LogP contribution in [0.4, 0.5) is 0 Å². The van der Waals surface area contributed by atoms with E-state index in [9.17, 15) is 4.79 Å². The summed E-state index contributed by atoms with van der Waals surface area (Å²) in [6.45, 7) is 5.66. The molecule has 0 aliphatic heterocycles. The molecule has 0 amide bonds. The Kier molecular flexibility index (Phi) is 9.38. The molecule has 1 aliphatic rings. The van der Waals surface area contributed by atoms with Gasteiger partial charge >= 0.3 is 0 Å². The molecule has 0 radical (unpaired) electrons. The molecule has 1 unspecified atom stereocenters. The predicted octanol–water partition coefficient (Wildman–Crippen LogP) is 4.24. The van der Waals surface area contributed by atoms with Crippen molar-refractivity contribution in [3.05, 3.63) is 11.1 Å². The summed E-state index contributed by atoms with van der Waals surface area (Å²) in [4.78, 5) is 14.1. The standard InChI is InChI=1S/C16H29NO.ClH/c1-5-7-14(15-8-6-9-16(15)18)11-10-13(2)12-17(3)4;/h13H,5-12H2,1-4H3;1H/b15-14+;. The Morgan fingerprint density at radius 2 is 1.95 bits per heavy atom. The summed E-state index contributed by atoms with van der Waals surface area (Å²) in [5.74, 6) is 1.14. The first-order chi connectivity index (χ1) is 8.54. The molecule has 1 aliphatic carbocycles. The van der Waals surface area contributed by atoms with Crippen LogP contribution in [0.15, 0.2) is 11.1 Å². The maximum absolute atomic E-state index is 11.8. The molecule has 0 saturated heterocycles. The molecule has 0 spiro atoms. The Hall–Kier alpha value is -0.340. The van der Waals surface area contributed by atoms with Crippen molar-refractivity contribution in [3.63, 3.8) is 0 Å². The van der Waals surface area contributed by atoms with Gasteiger partial charge in [0, 0.05) is 13.0 Å². The third-order valence-corrected chi connectivity index (χ3v) is 3.76. The minimum atomic E-state index is 0. The normalized spacial score (nSPS) is 19.5. The lowest BCUT2D eigenvalue weighted by atomic mass is 9.93. The Morgan fingerprint density at radius 3 is 2.42 bits per heavy atom. The van der Waals surface area contributed by atoms with Crippen LogP contribution in [0, 0.1) is 5.92 Å². The van der Waals surface area contributed by atoms with Crippen molar-refractivity contribution in [3.8, 4) is 0 Å². The molecule has 0 aromatic carbocycles. The molecule has 1 saturated carbocycles. The van der Waals surface area contributed by atoms with E-state index < -0.39 is 0 Å². The van der Waals surface area contributed by atoms with E-state index in [0.29, 0.717) is 11.7 Å². The van der Waals surface area contributed by atoms with Crippen LogP contribution in [-0.2, 0) is 4.79 Å². The average molecular weight is 288 g/mol. The van der Waals surface area contributed by atoms with Crippen LogP contribution in [-0.4, -0.2) is 31.3 Å². The summed E-state index contributed by atoms with van der Waals surface area (Å²) in [5, 5.41) is 0. The summed E-state index contributed by atoms with van der Waals surface area (Å²) < 4.78 is 0. The van der Waals surface area contributed by atoms with Gasteiger partial charge in [-0.3, -0.25) is 4.79 Å². The lowest BCUT2D eigenvalue weighted by Gasteiger charge is -2.18. The van der Waals surface area contributed by atoms with Gasteiger partial charge in [0.1, 0.15) is 0 Å². The van der Waals surface area contributed by atoms with Gasteiger partial charge in [0.25, 0.3) is 0 Å². The summed E-state index contributed by atoms with van der Waals surface area (Å²) >= 11 is 0. The van der Waals surface area contributed by atoms with Crippen LogP contribution in [0.3, 0.4) is 0 Å². The molecule has 112 valence electrons. The number of allylic oxidation sites excluding steroid dienone is 2. The third kappa shape index (κ3) is 6.58. The van der Waals surface area contributed by atoms with Crippen molar-refractivity contribution in [1.29, 1.82) is 0 Å².